The number of halogens is 1. The van der Waals surface area contributed by atoms with Crippen LogP contribution in [0.25, 0.3) is 0 Å². The number of carbonyl (C=O) groups excluding carboxylic acids is 1. The van der Waals surface area contributed by atoms with Crippen LogP contribution in [0.15, 0.2) is 40.1 Å². The van der Waals surface area contributed by atoms with E-state index in [2.05, 4.69) is 10.6 Å². The number of nitrogens with one attached hydrogen (secondary N) is 1. The molecule has 1 saturated heterocycles. The number of aliphatic hydroxyl groups excluding tert-OH is 1. The molecular formula is C18H16ClN2O8P. The third kappa shape index (κ3) is 4.43. The van der Waals surface area contributed by atoms with E-state index >= 15 is 0 Å². The molecular weight excluding hydrogens is 439 g/mol. The number of ether oxygens (including phenoxy) is 3. The number of para-hydroxylation sites is 1. The number of aromatic amines is 1. The van der Waals surface area contributed by atoms with Crippen molar-refractivity contribution in [1.29, 1.82) is 0 Å². The van der Waals surface area contributed by atoms with Gasteiger partial charge in [-0.2, -0.15) is 0 Å². The summed E-state index contributed by atoms with van der Waals surface area (Å²) in [5, 5.41) is 10.1. The molecule has 2 N–H and O–H groups in total. The van der Waals surface area contributed by atoms with Crippen LogP contribution in [-0.4, -0.2) is 39.1 Å². The molecule has 10 nitrogen and oxygen atoms in total. The summed E-state index contributed by atoms with van der Waals surface area (Å²) in [6, 6.07) is 6.42. The van der Waals surface area contributed by atoms with E-state index in [4.69, 9.17) is 25.8 Å². The van der Waals surface area contributed by atoms with Crippen molar-refractivity contribution in [3.63, 3.8) is 0 Å². The zero-order valence-electron chi connectivity index (χ0n) is 15.5. The molecule has 0 radical (unpaired) electrons. The zero-order valence-corrected chi connectivity index (χ0v) is 17.2. The Morgan fingerprint density at radius 2 is 2.20 bits per heavy atom. The molecule has 1 aliphatic rings. The number of H-pyrrole nitrogens is 1. The van der Waals surface area contributed by atoms with Crippen molar-refractivity contribution < 1.29 is 28.7 Å². The predicted octanol–water partition coefficient (Wildman–Crippen LogP) is 1.41. The van der Waals surface area contributed by atoms with Crippen LogP contribution < -0.4 is 16.0 Å². The quantitative estimate of drug-likeness (QED) is 0.393. The molecule has 3 atom stereocenters. The zero-order chi connectivity index (χ0) is 21.9. The fourth-order valence-corrected chi connectivity index (χ4v) is 3.51. The summed E-state index contributed by atoms with van der Waals surface area (Å²) in [4.78, 5) is 38.0. The Hall–Kier alpha value is -2.61. The van der Waals surface area contributed by atoms with Crippen molar-refractivity contribution in [2.45, 2.75) is 31.5 Å². The Balaban J connectivity index is 2.06. The molecule has 0 aliphatic carbocycles. The van der Waals surface area contributed by atoms with Crippen LogP contribution in [0.4, 0.5) is 0 Å². The average Bonchev–Trinajstić information content (AvgIpc) is 3.03. The molecule has 0 saturated carbocycles. The average molecular weight is 455 g/mol. The second-order valence-corrected chi connectivity index (χ2v) is 7.13. The Bertz CT molecular complexity index is 1190. The van der Waals surface area contributed by atoms with Crippen LogP contribution >= 0.6 is 19.5 Å². The first-order valence-electron chi connectivity index (χ1n) is 8.63. The van der Waals surface area contributed by atoms with Crippen LogP contribution in [0.5, 0.6) is 5.75 Å². The van der Waals surface area contributed by atoms with Gasteiger partial charge in [-0.3, -0.25) is 0 Å². The molecule has 0 unspecified atom stereocenters. The topological polar surface area (TPSA) is 137 Å². The molecule has 1 aromatic carbocycles. The maximum atomic E-state index is 12.3. The van der Waals surface area contributed by atoms with Gasteiger partial charge in [0.1, 0.15) is 0 Å². The minimum absolute atomic E-state index is 0.160. The van der Waals surface area contributed by atoms with Gasteiger partial charge in [0.05, 0.1) is 0 Å². The molecule has 158 valence electrons. The molecule has 0 bridgehead atoms. The van der Waals surface area contributed by atoms with E-state index in [1.54, 1.807) is 18.2 Å². The normalized spacial score (nSPS) is 22.9. The molecule has 3 rings (SSSR count). The van der Waals surface area contributed by atoms with Crippen molar-refractivity contribution >= 4 is 25.5 Å². The van der Waals surface area contributed by atoms with Gasteiger partial charge in [-0.1, -0.05) is 0 Å². The van der Waals surface area contributed by atoms with E-state index in [1.807, 2.05) is 0 Å². The summed E-state index contributed by atoms with van der Waals surface area (Å²) in [7, 11) is -0.556. The number of aliphatic hydroxyl groups is 1. The van der Waals surface area contributed by atoms with E-state index in [9.17, 15) is 24.1 Å². The number of aromatic nitrogens is 2. The summed E-state index contributed by atoms with van der Waals surface area (Å²) in [5.41, 5.74) is 0.497. The molecule has 12 heteroatoms. The SMILES string of the molecule is CC(=O)O[C@@]1(Oc2ccccc2Cl)C[C@H](n2cc(C#P=O)c(=O)[nH]c2=O)O[C@@H]1CO. The van der Waals surface area contributed by atoms with Gasteiger partial charge in [-0.05, 0) is 0 Å². The summed E-state index contributed by atoms with van der Waals surface area (Å²) in [6.45, 7) is 0.539. The predicted molar refractivity (Wildman–Crippen MR) is 104 cm³/mol. The van der Waals surface area contributed by atoms with Gasteiger partial charge in [0.15, 0.2) is 0 Å². The third-order valence-corrected chi connectivity index (χ3v) is 4.96. The number of nitrogens with zero attached hydrogens (tertiary/aromatic N) is 1. The summed E-state index contributed by atoms with van der Waals surface area (Å²) in [6.07, 6.45) is -1.40. The summed E-state index contributed by atoms with van der Waals surface area (Å²) < 4.78 is 28.8. The first kappa shape index (κ1) is 22.1. The number of benzene rings is 1. The number of hydrogen-bond acceptors (Lipinski definition) is 8. The van der Waals surface area contributed by atoms with E-state index in [-0.39, 0.29) is 22.8 Å². The Morgan fingerprint density at radius 1 is 1.47 bits per heavy atom. The Kier molecular flexibility index (Phi) is 6.65. The number of esters is 1. The minimum atomic E-state index is -1.81. The molecule has 0 amide bonds. The van der Waals surface area contributed by atoms with E-state index in [0.29, 0.717) is 0 Å². The van der Waals surface area contributed by atoms with Gasteiger partial charge in [0, 0.05) is 0 Å². The fourth-order valence-electron chi connectivity index (χ4n) is 3.08. The molecule has 1 aromatic heterocycles. The number of hydrogen-bond donors (Lipinski definition) is 2. The van der Waals surface area contributed by atoms with Gasteiger partial charge >= 0.3 is 175 Å². The van der Waals surface area contributed by atoms with E-state index in [0.717, 1.165) is 17.7 Å². The van der Waals surface area contributed by atoms with Gasteiger partial charge in [-0.25, -0.2) is 0 Å². The second-order valence-electron chi connectivity index (χ2n) is 6.32. The molecule has 2 heterocycles. The van der Waals surface area contributed by atoms with Crippen LogP contribution in [0.3, 0.4) is 0 Å². The van der Waals surface area contributed by atoms with Crippen LogP contribution in [0, 0.1) is 5.63 Å². The molecule has 30 heavy (non-hydrogen) atoms. The molecule has 2 aromatic rings. The molecule has 1 aliphatic heterocycles. The van der Waals surface area contributed by atoms with Crippen molar-refractivity contribution in [2.75, 3.05) is 6.61 Å². The van der Waals surface area contributed by atoms with Gasteiger partial charge in [0.2, 0.25) is 0 Å². The Labute approximate surface area is 175 Å². The van der Waals surface area contributed by atoms with Crippen molar-refractivity contribution in [3.8, 4) is 11.4 Å². The van der Waals surface area contributed by atoms with Gasteiger partial charge in [0.25, 0.3) is 0 Å². The van der Waals surface area contributed by atoms with Crippen molar-refractivity contribution in [1.82, 2.24) is 9.55 Å². The van der Waals surface area contributed by atoms with Crippen molar-refractivity contribution in [3.05, 3.63) is 61.9 Å². The molecule has 0 spiro atoms. The first-order chi connectivity index (χ1) is 14.3. The standard InChI is InChI=1S/C18H16ClN2O8P/c1-10(23)28-18(29-13-5-3-2-4-12(13)19)6-15(27-14(18)8-22)21-7-11(9-30-26)16(24)20-17(21)25/h2-5,7,14-15,22H,6,8H2,1H3,(H,20,24,25)/t14-,15-,18-/m1/s1. The summed E-state index contributed by atoms with van der Waals surface area (Å²) >= 11 is 6.14. The van der Waals surface area contributed by atoms with Gasteiger partial charge in [-0.15, -0.1) is 0 Å². The van der Waals surface area contributed by atoms with Crippen LogP contribution in [0.2, 0.25) is 5.02 Å². The van der Waals surface area contributed by atoms with Crippen LogP contribution in [-0.2, 0) is 18.8 Å². The Morgan fingerprint density at radius 3 is 2.83 bits per heavy atom. The van der Waals surface area contributed by atoms with E-state index < -0.39 is 49.9 Å². The van der Waals surface area contributed by atoms with Crippen molar-refractivity contribution in [2.24, 2.45) is 0 Å². The second kappa shape index (κ2) is 9.04. The van der Waals surface area contributed by atoms with Gasteiger partial charge < -0.3 is 0 Å². The monoisotopic (exact) mass is 454 g/mol. The first-order valence-corrected chi connectivity index (χ1v) is 9.82. The van der Waals surface area contributed by atoms with E-state index in [1.165, 1.54) is 6.07 Å². The number of carbonyl (C=O) groups is 1. The van der Waals surface area contributed by atoms with Crippen LogP contribution in [0.1, 0.15) is 25.1 Å². The maximum absolute atomic E-state index is 12.3. The number of rotatable bonds is 5. The summed E-state index contributed by atoms with van der Waals surface area (Å²) in [5.74, 6) is -2.36. The molecule has 1 fully saturated rings. The third-order valence-electron chi connectivity index (χ3n) is 4.32. The fraction of sp³-hybridized carbons (Fsp3) is 0.333.